The number of carbonyl (C=O) groups is 1. The minimum absolute atomic E-state index is 0.0644. The predicted octanol–water partition coefficient (Wildman–Crippen LogP) is 3.29. The summed E-state index contributed by atoms with van der Waals surface area (Å²) in [7, 11) is -2.05. The largest absolute Gasteiger partial charge is 0.322 e. The molecule has 2 aromatic carbocycles. The van der Waals surface area contributed by atoms with Crippen LogP contribution in [0.15, 0.2) is 46.1 Å². The highest BCUT2D eigenvalue weighted by Gasteiger charge is 2.29. The van der Waals surface area contributed by atoms with E-state index in [-0.39, 0.29) is 20.4 Å². The predicted molar refractivity (Wildman–Crippen MR) is 114 cm³/mol. The molecule has 1 aliphatic heterocycles. The number of carbonyl (C=O) groups excluding carboxylic acids is 1. The second-order valence-corrected chi connectivity index (χ2v) is 10.1. The Bertz CT molecular complexity index is 1270. The van der Waals surface area contributed by atoms with Gasteiger partial charge in [-0.15, -0.1) is 0 Å². The van der Waals surface area contributed by atoms with Crippen molar-refractivity contribution in [3.8, 4) is 0 Å². The number of benzene rings is 2. The van der Waals surface area contributed by atoms with Gasteiger partial charge in [-0.3, -0.25) is 9.59 Å². The molecule has 1 amide bonds. The number of nitrogens with zero attached hydrogens (tertiary/aromatic N) is 2. The van der Waals surface area contributed by atoms with Crippen LogP contribution in [0.2, 0.25) is 5.02 Å². The highest BCUT2D eigenvalue weighted by atomic mass is 35.5. The van der Waals surface area contributed by atoms with E-state index in [4.69, 9.17) is 11.6 Å². The summed E-state index contributed by atoms with van der Waals surface area (Å²) < 4.78 is 29.4. The molecule has 0 bridgehead atoms. The zero-order valence-corrected chi connectivity index (χ0v) is 17.9. The molecule has 3 aromatic rings. The number of hydrogen-bond acceptors (Lipinski definition) is 5. The molecular weight excluding hydrogens is 434 g/mol. The highest BCUT2D eigenvalue weighted by Crippen LogP contribution is 2.29. The van der Waals surface area contributed by atoms with E-state index in [1.54, 1.807) is 29.8 Å². The third-order valence-corrected chi connectivity index (χ3v) is 8.30. The number of fused-ring (bicyclic) bond motifs is 1. The van der Waals surface area contributed by atoms with Crippen molar-refractivity contribution in [1.82, 2.24) is 8.87 Å². The summed E-state index contributed by atoms with van der Waals surface area (Å²) >= 11 is 7.23. The molecule has 0 radical (unpaired) electrons. The Kier molecular flexibility index (Phi) is 5.24. The normalized spacial score (nSPS) is 15.1. The summed E-state index contributed by atoms with van der Waals surface area (Å²) in [6.07, 6.45) is 1.62. The lowest BCUT2D eigenvalue weighted by molar-refractivity contribution is 0.102. The standard InChI is InChI=1S/C19H18ClN3O4S2/c1-22-15-7-5-13(11-16(15)28-19(22)25)21-18(24)12-4-6-14(20)17(10-12)29(26,27)23-8-2-3-9-23/h4-7,10-11H,2-3,8-9H2,1H3,(H,21,24). The van der Waals surface area contributed by atoms with Crippen molar-refractivity contribution in [2.75, 3.05) is 18.4 Å². The third kappa shape index (κ3) is 3.71. The maximum atomic E-state index is 12.8. The lowest BCUT2D eigenvalue weighted by Crippen LogP contribution is -2.28. The van der Waals surface area contributed by atoms with Crippen molar-refractivity contribution in [2.45, 2.75) is 17.7 Å². The molecule has 1 fully saturated rings. The molecule has 1 aliphatic rings. The Balaban J connectivity index is 1.63. The van der Waals surface area contributed by atoms with Crippen LogP contribution in [-0.2, 0) is 17.1 Å². The van der Waals surface area contributed by atoms with Crippen LogP contribution in [-0.4, -0.2) is 36.3 Å². The molecule has 152 valence electrons. The van der Waals surface area contributed by atoms with Gasteiger partial charge >= 0.3 is 4.87 Å². The van der Waals surface area contributed by atoms with Crippen LogP contribution in [0.25, 0.3) is 10.2 Å². The van der Waals surface area contributed by atoms with Crippen molar-refractivity contribution >= 4 is 54.8 Å². The average Bonchev–Trinajstić information content (AvgIpc) is 3.31. The first-order chi connectivity index (χ1) is 13.8. The first-order valence-electron chi connectivity index (χ1n) is 8.98. The minimum atomic E-state index is -3.74. The number of anilines is 1. The lowest BCUT2D eigenvalue weighted by atomic mass is 10.2. The molecule has 0 spiro atoms. The molecule has 10 heteroatoms. The monoisotopic (exact) mass is 451 g/mol. The fraction of sp³-hybridized carbons (Fsp3) is 0.263. The Morgan fingerprint density at radius 3 is 2.59 bits per heavy atom. The van der Waals surface area contributed by atoms with Gasteiger partial charge in [-0.05, 0) is 49.2 Å². The minimum Gasteiger partial charge on any atom is -0.322 e. The quantitative estimate of drug-likeness (QED) is 0.659. The molecule has 7 nitrogen and oxygen atoms in total. The number of aryl methyl sites for hydroxylation is 1. The van der Waals surface area contributed by atoms with Crippen molar-refractivity contribution in [3.05, 3.63) is 56.7 Å². The van der Waals surface area contributed by atoms with E-state index in [0.717, 1.165) is 34.4 Å². The molecule has 29 heavy (non-hydrogen) atoms. The van der Waals surface area contributed by atoms with Gasteiger partial charge in [0.1, 0.15) is 4.90 Å². The van der Waals surface area contributed by atoms with Crippen LogP contribution in [0.5, 0.6) is 0 Å². The highest BCUT2D eigenvalue weighted by molar-refractivity contribution is 7.89. The van der Waals surface area contributed by atoms with Gasteiger partial charge in [0, 0.05) is 31.4 Å². The van der Waals surface area contributed by atoms with E-state index in [1.165, 1.54) is 22.5 Å². The van der Waals surface area contributed by atoms with Gasteiger partial charge < -0.3 is 9.88 Å². The van der Waals surface area contributed by atoms with Crippen LogP contribution in [0.4, 0.5) is 5.69 Å². The Morgan fingerprint density at radius 1 is 1.14 bits per heavy atom. The molecule has 1 saturated heterocycles. The van der Waals surface area contributed by atoms with Crippen LogP contribution in [0.3, 0.4) is 0 Å². The maximum Gasteiger partial charge on any atom is 0.307 e. The molecule has 1 N–H and O–H groups in total. The van der Waals surface area contributed by atoms with Crippen molar-refractivity contribution < 1.29 is 13.2 Å². The van der Waals surface area contributed by atoms with Gasteiger partial charge in [0.25, 0.3) is 5.91 Å². The maximum absolute atomic E-state index is 12.8. The van der Waals surface area contributed by atoms with Crippen molar-refractivity contribution in [1.29, 1.82) is 0 Å². The van der Waals surface area contributed by atoms with Crippen LogP contribution in [0, 0.1) is 0 Å². The zero-order valence-electron chi connectivity index (χ0n) is 15.5. The molecule has 4 rings (SSSR count). The summed E-state index contributed by atoms with van der Waals surface area (Å²) in [5.41, 5.74) is 1.49. The smallest absolute Gasteiger partial charge is 0.307 e. The Hall–Kier alpha value is -2.20. The number of amides is 1. The number of halogens is 1. The summed E-state index contributed by atoms with van der Waals surface area (Å²) in [5, 5.41) is 2.84. The average molecular weight is 452 g/mol. The van der Waals surface area contributed by atoms with Gasteiger partial charge in [0.2, 0.25) is 10.0 Å². The Morgan fingerprint density at radius 2 is 1.86 bits per heavy atom. The van der Waals surface area contributed by atoms with E-state index in [0.29, 0.717) is 18.8 Å². The number of nitrogens with one attached hydrogen (secondary N) is 1. The third-order valence-electron chi connectivity index (χ3n) is 4.93. The van der Waals surface area contributed by atoms with Crippen LogP contribution < -0.4 is 10.2 Å². The van der Waals surface area contributed by atoms with Gasteiger partial charge in [-0.2, -0.15) is 4.31 Å². The number of thiazole rings is 1. The Labute approximate surface area is 176 Å². The van der Waals surface area contributed by atoms with Gasteiger partial charge in [0.05, 0.1) is 15.2 Å². The molecule has 0 unspecified atom stereocenters. The second kappa shape index (κ2) is 7.56. The number of rotatable bonds is 4. The van der Waals surface area contributed by atoms with Crippen LogP contribution in [0.1, 0.15) is 23.2 Å². The fourth-order valence-corrected chi connectivity index (χ4v) is 6.26. The van der Waals surface area contributed by atoms with Crippen molar-refractivity contribution in [2.24, 2.45) is 7.05 Å². The number of hydrogen-bond donors (Lipinski definition) is 1. The second-order valence-electron chi connectivity index (χ2n) is 6.82. The van der Waals surface area contributed by atoms with Crippen molar-refractivity contribution in [3.63, 3.8) is 0 Å². The molecule has 1 aromatic heterocycles. The summed E-state index contributed by atoms with van der Waals surface area (Å²) in [4.78, 5) is 24.3. The van der Waals surface area contributed by atoms with E-state index in [2.05, 4.69) is 5.32 Å². The lowest BCUT2D eigenvalue weighted by Gasteiger charge is -2.17. The van der Waals surface area contributed by atoms with Crippen LogP contribution >= 0.6 is 22.9 Å². The topological polar surface area (TPSA) is 88.5 Å². The fourth-order valence-electron chi connectivity index (χ4n) is 3.32. The molecule has 2 heterocycles. The number of sulfonamides is 1. The summed E-state index contributed by atoms with van der Waals surface area (Å²) in [6.45, 7) is 0.907. The molecular formula is C19H18ClN3O4S2. The molecule has 0 aliphatic carbocycles. The zero-order chi connectivity index (χ0) is 20.8. The first kappa shape index (κ1) is 20.1. The molecule has 0 atom stereocenters. The molecule has 0 saturated carbocycles. The van der Waals surface area contributed by atoms with E-state index in [9.17, 15) is 18.0 Å². The van der Waals surface area contributed by atoms with Gasteiger partial charge in [0.15, 0.2) is 0 Å². The van der Waals surface area contributed by atoms with Gasteiger partial charge in [-0.1, -0.05) is 22.9 Å². The number of aromatic nitrogens is 1. The van der Waals surface area contributed by atoms with Gasteiger partial charge in [-0.25, -0.2) is 8.42 Å². The first-order valence-corrected chi connectivity index (χ1v) is 11.6. The SMILES string of the molecule is Cn1c(=O)sc2cc(NC(=O)c3ccc(Cl)c(S(=O)(=O)N4CCCC4)c3)ccc21. The summed E-state index contributed by atoms with van der Waals surface area (Å²) in [6, 6.07) is 9.39. The van der Waals surface area contributed by atoms with E-state index < -0.39 is 15.9 Å². The summed E-state index contributed by atoms with van der Waals surface area (Å²) in [5.74, 6) is -0.456. The van der Waals surface area contributed by atoms with E-state index >= 15 is 0 Å². The van der Waals surface area contributed by atoms with E-state index in [1.807, 2.05) is 0 Å².